The summed E-state index contributed by atoms with van der Waals surface area (Å²) in [5.41, 5.74) is 0.733. The maximum Gasteiger partial charge on any atom is 0.328 e. The number of nitrogens with zero attached hydrogens (tertiary/aromatic N) is 1. The van der Waals surface area contributed by atoms with Crippen LogP contribution in [0.15, 0.2) is 12.1 Å². The minimum Gasteiger partial charge on any atom is -0.478 e. The van der Waals surface area contributed by atoms with Crippen LogP contribution in [0, 0.1) is 6.92 Å². The lowest BCUT2D eigenvalue weighted by molar-refractivity contribution is -0.131. The Bertz CT molecular complexity index is 511. The van der Waals surface area contributed by atoms with Crippen molar-refractivity contribution >= 4 is 29.3 Å². The molecule has 0 aliphatic rings. The molecule has 1 aromatic heterocycles. The molecule has 0 saturated heterocycles. The summed E-state index contributed by atoms with van der Waals surface area (Å²) in [5.74, 6) is -1.58. The molecule has 104 valence electrons. The molecule has 0 radical (unpaired) electrons. The molecule has 1 heterocycles. The van der Waals surface area contributed by atoms with Gasteiger partial charge in [0.1, 0.15) is 0 Å². The molecular formula is C12H13F2NO3S. The van der Waals surface area contributed by atoms with E-state index in [1.54, 1.807) is 13.0 Å². The topological polar surface area (TPSA) is 57.6 Å². The minimum absolute atomic E-state index is 0.311. The Kier molecular flexibility index (Phi) is 5.17. The first-order valence-electron chi connectivity index (χ1n) is 5.36. The average Bonchev–Trinajstić information content (AvgIpc) is 2.66. The van der Waals surface area contributed by atoms with Crippen molar-refractivity contribution in [3.05, 3.63) is 27.5 Å². The van der Waals surface area contributed by atoms with Gasteiger partial charge in [0.2, 0.25) is 0 Å². The van der Waals surface area contributed by atoms with E-state index in [1.165, 1.54) is 13.1 Å². The fraction of sp³-hybridized carbons (Fsp3) is 0.333. The number of aryl methyl sites for hydroxylation is 1. The quantitative estimate of drug-likeness (QED) is 0.847. The first kappa shape index (κ1) is 15.3. The Morgan fingerprint density at radius 3 is 2.68 bits per heavy atom. The number of alkyl halides is 2. The number of hydrogen-bond donors (Lipinski definition) is 1. The summed E-state index contributed by atoms with van der Waals surface area (Å²) in [6.45, 7) is 1.10. The van der Waals surface area contributed by atoms with Gasteiger partial charge in [-0.2, -0.15) is 0 Å². The SMILES string of the molecule is Cc1cc(C(=O)N(C)CC(F)F)sc1/C=C/C(=O)O. The number of aliphatic carboxylic acids is 1. The zero-order valence-corrected chi connectivity index (χ0v) is 11.2. The normalized spacial score (nSPS) is 11.2. The number of carbonyl (C=O) groups excluding carboxylic acids is 1. The molecule has 0 aliphatic heterocycles. The number of rotatable bonds is 5. The highest BCUT2D eigenvalue weighted by atomic mass is 32.1. The Morgan fingerprint density at radius 2 is 2.16 bits per heavy atom. The third-order valence-corrected chi connectivity index (χ3v) is 3.49. The summed E-state index contributed by atoms with van der Waals surface area (Å²) < 4.78 is 24.4. The predicted octanol–water partition coefficient (Wildman–Crippen LogP) is 2.49. The molecule has 4 nitrogen and oxygen atoms in total. The van der Waals surface area contributed by atoms with Crippen molar-refractivity contribution in [3.63, 3.8) is 0 Å². The van der Waals surface area contributed by atoms with Crippen LogP contribution in [0.1, 0.15) is 20.1 Å². The van der Waals surface area contributed by atoms with Gasteiger partial charge in [-0.15, -0.1) is 11.3 Å². The fourth-order valence-electron chi connectivity index (χ4n) is 1.39. The van der Waals surface area contributed by atoms with Gasteiger partial charge in [-0.3, -0.25) is 4.79 Å². The van der Waals surface area contributed by atoms with Gasteiger partial charge in [0.25, 0.3) is 12.3 Å². The van der Waals surface area contributed by atoms with Crippen molar-refractivity contribution < 1.29 is 23.5 Å². The first-order chi connectivity index (χ1) is 8.81. The molecular weight excluding hydrogens is 276 g/mol. The van der Waals surface area contributed by atoms with Gasteiger partial charge >= 0.3 is 5.97 Å². The molecule has 19 heavy (non-hydrogen) atoms. The average molecular weight is 289 g/mol. The summed E-state index contributed by atoms with van der Waals surface area (Å²) in [7, 11) is 1.30. The maximum absolute atomic E-state index is 12.2. The number of thiophene rings is 1. The van der Waals surface area contributed by atoms with Crippen LogP contribution >= 0.6 is 11.3 Å². The number of amides is 1. The van der Waals surface area contributed by atoms with Gasteiger partial charge in [-0.1, -0.05) is 0 Å². The molecule has 1 amide bonds. The van der Waals surface area contributed by atoms with Crippen LogP contribution in [-0.4, -0.2) is 41.9 Å². The van der Waals surface area contributed by atoms with Crippen LogP contribution in [0.2, 0.25) is 0 Å². The van der Waals surface area contributed by atoms with Crippen molar-refractivity contribution in [3.8, 4) is 0 Å². The largest absolute Gasteiger partial charge is 0.478 e. The van der Waals surface area contributed by atoms with E-state index in [9.17, 15) is 18.4 Å². The second-order valence-corrected chi connectivity index (χ2v) is 4.99. The standard InChI is InChI=1S/C12H13F2NO3S/c1-7-5-9(12(18)15(2)6-10(13)14)19-8(7)3-4-11(16)17/h3-5,10H,6H2,1-2H3,(H,16,17)/b4-3+. The molecule has 0 unspecified atom stereocenters. The van der Waals surface area contributed by atoms with E-state index < -0.39 is 24.8 Å². The molecule has 7 heteroatoms. The summed E-state index contributed by atoms with van der Waals surface area (Å²) in [6.07, 6.45) is -0.233. The first-order valence-corrected chi connectivity index (χ1v) is 6.18. The van der Waals surface area contributed by atoms with Crippen LogP contribution < -0.4 is 0 Å². The van der Waals surface area contributed by atoms with Crippen molar-refractivity contribution in [1.82, 2.24) is 4.90 Å². The molecule has 0 aromatic carbocycles. The van der Waals surface area contributed by atoms with Crippen LogP contribution in [-0.2, 0) is 4.79 Å². The lowest BCUT2D eigenvalue weighted by Crippen LogP contribution is -2.30. The van der Waals surface area contributed by atoms with Crippen LogP contribution in [0.25, 0.3) is 6.08 Å². The Labute approximate surface area is 113 Å². The summed E-state index contributed by atoms with van der Waals surface area (Å²) in [6, 6.07) is 1.57. The maximum atomic E-state index is 12.2. The van der Waals surface area contributed by atoms with E-state index in [0.29, 0.717) is 9.75 Å². The van der Waals surface area contributed by atoms with Crippen molar-refractivity contribution in [1.29, 1.82) is 0 Å². The molecule has 1 rings (SSSR count). The van der Waals surface area contributed by atoms with Crippen molar-refractivity contribution in [2.45, 2.75) is 13.3 Å². The van der Waals surface area contributed by atoms with E-state index in [1.807, 2.05) is 0 Å². The van der Waals surface area contributed by atoms with Gasteiger partial charge < -0.3 is 10.0 Å². The molecule has 0 atom stereocenters. The molecule has 0 aliphatic carbocycles. The number of carbonyl (C=O) groups is 2. The summed E-state index contributed by atoms with van der Waals surface area (Å²) >= 11 is 1.08. The Morgan fingerprint density at radius 1 is 1.53 bits per heavy atom. The zero-order chi connectivity index (χ0) is 14.6. The van der Waals surface area contributed by atoms with E-state index >= 15 is 0 Å². The number of halogens is 2. The van der Waals surface area contributed by atoms with Gasteiger partial charge in [0, 0.05) is 18.0 Å². The van der Waals surface area contributed by atoms with Gasteiger partial charge in [0.05, 0.1) is 11.4 Å². The lowest BCUT2D eigenvalue weighted by Gasteiger charge is -2.14. The fourth-order valence-corrected chi connectivity index (χ4v) is 2.46. The highest BCUT2D eigenvalue weighted by molar-refractivity contribution is 7.15. The number of carboxylic acid groups (broad SMARTS) is 1. The zero-order valence-electron chi connectivity index (χ0n) is 10.4. The van der Waals surface area contributed by atoms with E-state index in [-0.39, 0.29) is 0 Å². The molecule has 0 bridgehead atoms. The van der Waals surface area contributed by atoms with Crippen LogP contribution in [0.3, 0.4) is 0 Å². The molecule has 0 spiro atoms. The Hall–Kier alpha value is -1.76. The Balaban J connectivity index is 2.88. The molecule has 0 saturated carbocycles. The third kappa shape index (κ3) is 4.44. The predicted molar refractivity (Wildman–Crippen MR) is 68.7 cm³/mol. The number of hydrogen-bond acceptors (Lipinski definition) is 3. The minimum atomic E-state index is -2.58. The number of carboxylic acids is 1. The summed E-state index contributed by atoms with van der Waals surface area (Å²) in [4.78, 5) is 24.1. The van der Waals surface area contributed by atoms with E-state index in [4.69, 9.17) is 5.11 Å². The van der Waals surface area contributed by atoms with Crippen molar-refractivity contribution in [2.75, 3.05) is 13.6 Å². The van der Waals surface area contributed by atoms with E-state index in [2.05, 4.69) is 0 Å². The second kappa shape index (κ2) is 6.42. The highest BCUT2D eigenvalue weighted by Crippen LogP contribution is 2.24. The molecule has 1 N–H and O–H groups in total. The second-order valence-electron chi connectivity index (χ2n) is 3.91. The van der Waals surface area contributed by atoms with Crippen LogP contribution in [0.4, 0.5) is 8.78 Å². The molecule has 0 fully saturated rings. The van der Waals surface area contributed by atoms with Crippen molar-refractivity contribution in [2.24, 2.45) is 0 Å². The van der Waals surface area contributed by atoms with Gasteiger partial charge in [-0.05, 0) is 24.6 Å². The smallest absolute Gasteiger partial charge is 0.328 e. The van der Waals surface area contributed by atoms with Gasteiger partial charge in [0.15, 0.2) is 0 Å². The lowest BCUT2D eigenvalue weighted by atomic mass is 10.2. The highest BCUT2D eigenvalue weighted by Gasteiger charge is 2.18. The third-order valence-electron chi connectivity index (χ3n) is 2.30. The monoisotopic (exact) mass is 289 g/mol. The van der Waals surface area contributed by atoms with E-state index in [0.717, 1.165) is 27.9 Å². The van der Waals surface area contributed by atoms with Crippen LogP contribution in [0.5, 0.6) is 0 Å². The van der Waals surface area contributed by atoms with Gasteiger partial charge in [-0.25, -0.2) is 13.6 Å². The summed E-state index contributed by atoms with van der Waals surface area (Å²) in [5, 5.41) is 8.53. The molecule has 1 aromatic rings.